The summed E-state index contributed by atoms with van der Waals surface area (Å²) in [4.78, 5) is 10.9. The minimum Gasteiger partial charge on any atom is -0.354 e. The van der Waals surface area contributed by atoms with Crippen molar-refractivity contribution >= 4 is 17.4 Å². The molecule has 2 rings (SSSR count). The van der Waals surface area contributed by atoms with E-state index in [4.69, 9.17) is 11.6 Å². The Kier molecular flexibility index (Phi) is 3.33. The molecule has 1 heterocycles. The molecule has 3 nitrogen and oxygen atoms in total. The third kappa shape index (κ3) is 2.14. The van der Waals surface area contributed by atoms with Crippen LogP contribution in [0, 0.1) is 0 Å². The summed E-state index contributed by atoms with van der Waals surface area (Å²) in [7, 11) is 0. The van der Waals surface area contributed by atoms with Gasteiger partial charge in [0.15, 0.2) is 0 Å². The predicted octanol–water partition coefficient (Wildman–Crippen LogP) is 3.24. The van der Waals surface area contributed by atoms with Crippen LogP contribution in [0.1, 0.15) is 45.1 Å². The maximum absolute atomic E-state index is 6.17. The van der Waals surface area contributed by atoms with Crippen molar-refractivity contribution in [3.63, 3.8) is 0 Å². The lowest BCUT2D eigenvalue weighted by atomic mass is 10.1. The van der Waals surface area contributed by atoms with Crippen molar-refractivity contribution in [2.24, 2.45) is 0 Å². The highest BCUT2D eigenvalue weighted by atomic mass is 35.5. The number of rotatable bonds is 4. The normalized spacial score (nSPS) is 15.6. The second-order valence-electron chi connectivity index (χ2n) is 4.57. The van der Waals surface area contributed by atoms with Crippen LogP contribution in [0.15, 0.2) is 6.33 Å². The van der Waals surface area contributed by atoms with Crippen molar-refractivity contribution in [3.05, 3.63) is 17.0 Å². The van der Waals surface area contributed by atoms with Gasteiger partial charge in [0.2, 0.25) is 0 Å². The molecule has 4 heteroatoms. The Morgan fingerprint density at radius 2 is 2.12 bits per heavy atom. The van der Waals surface area contributed by atoms with Crippen LogP contribution >= 0.6 is 11.6 Å². The molecule has 0 saturated heterocycles. The Hall–Kier alpha value is -0.830. The third-order valence-corrected chi connectivity index (χ3v) is 3.29. The molecular formula is C12H18ClN3. The van der Waals surface area contributed by atoms with Gasteiger partial charge in [0.05, 0.1) is 0 Å². The van der Waals surface area contributed by atoms with Crippen LogP contribution in [0.2, 0.25) is 5.15 Å². The van der Waals surface area contributed by atoms with E-state index in [9.17, 15) is 0 Å². The standard InChI is InChI=1S/C12H18ClN3/c1-4-16(9-5-6-9)12-10(8(2)3)11(13)14-7-15-12/h7-9H,4-6H2,1-3H3. The van der Waals surface area contributed by atoms with Crippen molar-refractivity contribution in [3.8, 4) is 0 Å². The van der Waals surface area contributed by atoms with E-state index in [2.05, 4.69) is 35.6 Å². The van der Waals surface area contributed by atoms with Gasteiger partial charge in [0, 0.05) is 18.2 Å². The number of halogens is 1. The molecule has 1 fully saturated rings. The van der Waals surface area contributed by atoms with Crippen molar-refractivity contribution in [2.45, 2.75) is 45.6 Å². The quantitative estimate of drug-likeness (QED) is 0.756. The highest BCUT2D eigenvalue weighted by Gasteiger charge is 2.31. The summed E-state index contributed by atoms with van der Waals surface area (Å²) >= 11 is 6.17. The third-order valence-electron chi connectivity index (χ3n) is 2.99. The van der Waals surface area contributed by atoms with Gasteiger partial charge in [0.25, 0.3) is 0 Å². The van der Waals surface area contributed by atoms with E-state index in [-0.39, 0.29) is 0 Å². The molecule has 0 atom stereocenters. The summed E-state index contributed by atoms with van der Waals surface area (Å²) in [5, 5.41) is 0.596. The van der Waals surface area contributed by atoms with E-state index < -0.39 is 0 Å². The zero-order valence-electron chi connectivity index (χ0n) is 10.1. The van der Waals surface area contributed by atoms with E-state index in [1.807, 2.05) is 0 Å². The molecule has 1 saturated carbocycles. The Morgan fingerprint density at radius 1 is 1.44 bits per heavy atom. The fourth-order valence-corrected chi connectivity index (χ4v) is 2.40. The molecular weight excluding hydrogens is 222 g/mol. The van der Waals surface area contributed by atoms with Gasteiger partial charge in [-0.1, -0.05) is 25.4 Å². The van der Waals surface area contributed by atoms with Gasteiger partial charge < -0.3 is 4.90 Å². The van der Waals surface area contributed by atoms with Crippen molar-refractivity contribution in [1.82, 2.24) is 9.97 Å². The molecule has 1 aliphatic rings. The van der Waals surface area contributed by atoms with Crippen LogP contribution in [0.5, 0.6) is 0 Å². The molecule has 0 aromatic carbocycles. The number of hydrogen-bond acceptors (Lipinski definition) is 3. The highest BCUT2D eigenvalue weighted by molar-refractivity contribution is 6.30. The second-order valence-corrected chi connectivity index (χ2v) is 4.93. The van der Waals surface area contributed by atoms with Crippen LogP contribution in [-0.4, -0.2) is 22.6 Å². The lowest BCUT2D eigenvalue weighted by Gasteiger charge is -2.25. The van der Waals surface area contributed by atoms with E-state index in [0.29, 0.717) is 17.1 Å². The molecule has 0 radical (unpaired) electrons. The lowest BCUT2D eigenvalue weighted by Crippen LogP contribution is -2.27. The fourth-order valence-electron chi connectivity index (χ4n) is 2.06. The molecule has 0 unspecified atom stereocenters. The van der Waals surface area contributed by atoms with Crippen LogP contribution < -0.4 is 4.90 Å². The van der Waals surface area contributed by atoms with Gasteiger partial charge in [-0.15, -0.1) is 0 Å². The zero-order valence-corrected chi connectivity index (χ0v) is 10.8. The van der Waals surface area contributed by atoms with Crippen molar-refractivity contribution in [2.75, 3.05) is 11.4 Å². The Bertz CT molecular complexity index is 375. The van der Waals surface area contributed by atoms with E-state index in [1.165, 1.54) is 12.8 Å². The first-order valence-corrected chi connectivity index (χ1v) is 6.30. The summed E-state index contributed by atoms with van der Waals surface area (Å²) in [6.07, 6.45) is 4.11. The minimum atomic E-state index is 0.358. The first-order valence-electron chi connectivity index (χ1n) is 5.92. The SMILES string of the molecule is CCN(c1ncnc(Cl)c1C(C)C)C1CC1. The van der Waals surface area contributed by atoms with Crippen LogP contribution in [0.3, 0.4) is 0 Å². The number of aromatic nitrogens is 2. The summed E-state index contributed by atoms with van der Waals surface area (Å²) in [5.41, 5.74) is 1.08. The maximum Gasteiger partial charge on any atom is 0.138 e. The largest absolute Gasteiger partial charge is 0.354 e. The van der Waals surface area contributed by atoms with Gasteiger partial charge in [-0.05, 0) is 25.7 Å². The Morgan fingerprint density at radius 3 is 2.62 bits per heavy atom. The first-order chi connectivity index (χ1) is 7.65. The van der Waals surface area contributed by atoms with E-state index in [1.54, 1.807) is 6.33 Å². The Labute approximate surface area is 102 Å². The zero-order chi connectivity index (χ0) is 11.7. The first kappa shape index (κ1) is 11.6. The highest BCUT2D eigenvalue weighted by Crippen LogP contribution is 2.36. The fraction of sp³-hybridized carbons (Fsp3) is 0.667. The smallest absolute Gasteiger partial charge is 0.138 e. The summed E-state index contributed by atoms with van der Waals surface area (Å²) in [6.45, 7) is 7.42. The summed E-state index contributed by atoms with van der Waals surface area (Å²) in [5.74, 6) is 1.39. The topological polar surface area (TPSA) is 29.0 Å². The molecule has 1 aromatic rings. The molecule has 88 valence electrons. The molecule has 0 aliphatic heterocycles. The Balaban J connectivity index is 2.41. The average Bonchev–Trinajstić information content (AvgIpc) is 3.02. The van der Waals surface area contributed by atoms with Crippen LogP contribution in [0.25, 0.3) is 0 Å². The van der Waals surface area contributed by atoms with Gasteiger partial charge in [-0.3, -0.25) is 0 Å². The monoisotopic (exact) mass is 239 g/mol. The molecule has 16 heavy (non-hydrogen) atoms. The molecule has 0 spiro atoms. The van der Waals surface area contributed by atoms with Crippen LogP contribution in [-0.2, 0) is 0 Å². The molecule has 1 aromatic heterocycles. The van der Waals surface area contributed by atoms with Crippen molar-refractivity contribution in [1.29, 1.82) is 0 Å². The van der Waals surface area contributed by atoms with Crippen molar-refractivity contribution < 1.29 is 0 Å². The molecule has 0 amide bonds. The van der Waals surface area contributed by atoms with E-state index >= 15 is 0 Å². The van der Waals surface area contributed by atoms with Gasteiger partial charge in [-0.2, -0.15) is 0 Å². The molecule has 1 aliphatic carbocycles. The number of anilines is 1. The summed E-state index contributed by atoms with van der Waals surface area (Å²) < 4.78 is 0. The minimum absolute atomic E-state index is 0.358. The van der Waals surface area contributed by atoms with Gasteiger partial charge in [-0.25, -0.2) is 9.97 Å². The van der Waals surface area contributed by atoms with Gasteiger partial charge in [0.1, 0.15) is 17.3 Å². The summed E-state index contributed by atoms with van der Waals surface area (Å²) in [6, 6.07) is 0.661. The number of nitrogens with zero attached hydrogens (tertiary/aromatic N) is 3. The molecule has 0 N–H and O–H groups in total. The average molecular weight is 240 g/mol. The number of hydrogen-bond donors (Lipinski definition) is 0. The second kappa shape index (κ2) is 4.58. The van der Waals surface area contributed by atoms with Crippen LogP contribution in [0.4, 0.5) is 5.82 Å². The molecule has 0 bridgehead atoms. The predicted molar refractivity (Wildman–Crippen MR) is 67.2 cm³/mol. The lowest BCUT2D eigenvalue weighted by molar-refractivity contribution is 0.767. The maximum atomic E-state index is 6.17. The van der Waals surface area contributed by atoms with Gasteiger partial charge >= 0.3 is 0 Å². The van der Waals surface area contributed by atoms with E-state index in [0.717, 1.165) is 17.9 Å².